The van der Waals surface area contributed by atoms with E-state index in [1.54, 1.807) is 49.4 Å². The van der Waals surface area contributed by atoms with E-state index >= 15 is 0 Å². The molecule has 138 valence electrons. The summed E-state index contributed by atoms with van der Waals surface area (Å²) in [5.41, 5.74) is 1.60. The third kappa shape index (κ3) is 3.48. The molecule has 1 aliphatic heterocycles. The van der Waals surface area contributed by atoms with Crippen molar-refractivity contribution < 1.29 is 14.3 Å². The van der Waals surface area contributed by atoms with Gasteiger partial charge in [-0.05, 0) is 37.3 Å². The van der Waals surface area contributed by atoms with Gasteiger partial charge in [0.1, 0.15) is 0 Å². The summed E-state index contributed by atoms with van der Waals surface area (Å²) < 4.78 is 4.88. The number of ether oxygens (including phenoxy) is 1. The molecule has 2 aromatic rings. The Morgan fingerprint density at radius 3 is 2.19 bits per heavy atom. The molecule has 0 radical (unpaired) electrons. The SMILES string of the molecule is COC(=O)C1=C(C)N(c2ccccc2Cl)C(=O)/C1=C\c1c(Cl)cccc1Cl. The Bertz CT molecular complexity index is 991. The van der Waals surface area contributed by atoms with Crippen LogP contribution in [0.3, 0.4) is 0 Å². The minimum Gasteiger partial charge on any atom is -0.465 e. The highest BCUT2D eigenvalue weighted by atomic mass is 35.5. The van der Waals surface area contributed by atoms with Crippen LogP contribution >= 0.6 is 34.8 Å². The van der Waals surface area contributed by atoms with E-state index in [1.165, 1.54) is 18.1 Å². The maximum atomic E-state index is 13.2. The first-order valence-corrected chi connectivity index (χ1v) is 9.04. The number of amides is 1. The van der Waals surface area contributed by atoms with Crippen molar-refractivity contribution in [3.63, 3.8) is 0 Å². The summed E-state index contributed by atoms with van der Waals surface area (Å²) in [6, 6.07) is 11.9. The number of carbonyl (C=O) groups is 2. The zero-order valence-corrected chi connectivity index (χ0v) is 16.7. The molecule has 1 amide bonds. The van der Waals surface area contributed by atoms with Gasteiger partial charge in [0.2, 0.25) is 0 Å². The standard InChI is InChI=1S/C20H14Cl3NO3/c1-11-18(20(26)27-2)13(10-12-14(21)7-5-8-15(12)22)19(25)24(11)17-9-4-3-6-16(17)23/h3-10H,1-2H3/b13-10-. The monoisotopic (exact) mass is 421 g/mol. The van der Waals surface area contributed by atoms with Crippen LogP contribution < -0.4 is 4.90 Å². The molecular weight excluding hydrogens is 409 g/mol. The van der Waals surface area contributed by atoms with Crippen LogP contribution in [0.2, 0.25) is 15.1 Å². The van der Waals surface area contributed by atoms with Gasteiger partial charge in [-0.15, -0.1) is 0 Å². The number of nitrogens with zero attached hydrogens (tertiary/aromatic N) is 1. The number of rotatable bonds is 3. The van der Waals surface area contributed by atoms with Crippen molar-refractivity contribution in [2.45, 2.75) is 6.92 Å². The average molecular weight is 423 g/mol. The van der Waals surface area contributed by atoms with Crippen molar-refractivity contribution >= 4 is 58.4 Å². The second-order valence-electron chi connectivity index (χ2n) is 5.74. The lowest BCUT2D eigenvalue weighted by Crippen LogP contribution is -2.24. The van der Waals surface area contributed by atoms with Gasteiger partial charge < -0.3 is 4.74 Å². The molecule has 0 aromatic heterocycles. The number of carbonyl (C=O) groups excluding carboxylic acids is 2. The first kappa shape index (κ1) is 19.5. The fourth-order valence-electron chi connectivity index (χ4n) is 2.90. The van der Waals surface area contributed by atoms with Gasteiger partial charge in [0.25, 0.3) is 5.91 Å². The molecular formula is C20H14Cl3NO3. The highest BCUT2D eigenvalue weighted by Crippen LogP contribution is 2.39. The van der Waals surface area contributed by atoms with Crippen LogP contribution in [0, 0.1) is 0 Å². The topological polar surface area (TPSA) is 46.6 Å². The lowest BCUT2D eigenvalue weighted by Gasteiger charge is -2.19. The van der Waals surface area contributed by atoms with Gasteiger partial charge in [0, 0.05) is 21.3 Å². The molecule has 0 unspecified atom stereocenters. The number of halogens is 3. The molecule has 1 aliphatic rings. The number of hydrogen-bond acceptors (Lipinski definition) is 3. The van der Waals surface area contributed by atoms with E-state index in [1.807, 2.05) is 0 Å². The molecule has 0 atom stereocenters. The first-order chi connectivity index (χ1) is 12.9. The Morgan fingerprint density at radius 1 is 1.00 bits per heavy atom. The third-order valence-electron chi connectivity index (χ3n) is 4.17. The summed E-state index contributed by atoms with van der Waals surface area (Å²) in [6.07, 6.45) is 1.50. The van der Waals surface area contributed by atoms with E-state index in [4.69, 9.17) is 39.5 Å². The van der Waals surface area contributed by atoms with Crippen LogP contribution in [-0.4, -0.2) is 19.0 Å². The van der Waals surface area contributed by atoms with Crippen molar-refractivity contribution in [2.24, 2.45) is 0 Å². The second kappa shape index (κ2) is 7.77. The molecule has 3 rings (SSSR count). The molecule has 0 N–H and O–H groups in total. The normalized spacial score (nSPS) is 15.7. The molecule has 1 heterocycles. The Morgan fingerprint density at radius 2 is 1.59 bits per heavy atom. The maximum absolute atomic E-state index is 13.2. The molecule has 7 heteroatoms. The third-order valence-corrected chi connectivity index (χ3v) is 5.15. The second-order valence-corrected chi connectivity index (χ2v) is 6.96. The smallest absolute Gasteiger partial charge is 0.340 e. The average Bonchev–Trinajstić information content (AvgIpc) is 2.88. The molecule has 0 spiro atoms. The number of anilines is 1. The van der Waals surface area contributed by atoms with Crippen molar-refractivity contribution in [2.75, 3.05) is 12.0 Å². The summed E-state index contributed by atoms with van der Waals surface area (Å²) in [6.45, 7) is 1.66. The van der Waals surface area contributed by atoms with Gasteiger partial charge >= 0.3 is 5.97 Å². The van der Waals surface area contributed by atoms with Crippen LogP contribution in [0.15, 0.2) is 59.3 Å². The Balaban J connectivity index is 2.23. The molecule has 4 nitrogen and oxygen atoms in total. The van der Waals surface area contributed by atoms with E-state index in [9.17, 15) is 9.59 Å². The Hall–Kier alpha value is -2.27. The number of allylic oxidation sites excluding steroid dienone is 1. The fourth-order valence-corrected chi connectivity index (χ4v) is 3.62. The molecule has 0 bridgehead atoms. The van der Waals surface area contributed by atoms with E-state index < -0.39 is 11.9 Å². The predicted molar refractivity (Wildman–Crippen MR) is 108 cm³/mol. The van der Waals surface area contributed by atoms with Gasteiger partial charge in [-0.1, -0.05) is 53.0 Å². The van der Waals surface area contributed by atoms with Gasteiger partial charge in [-0.3, -0.25) is 9.69 Å². The predicted octanol–water partition coefficient (Wildman–Crippen LogP) is 5.52. The number of methoxy groups -OCH3 is 1. The number of esters is 1. The minimum absolute atomic E-state index is 0.134. The molecule has 0 saturated heterocycles. The van der Waals surface area contributed by atoms with E-state index in [0.717, 1.165) is 0 Å². The van der Waals surface area contributed by atoms with Crippen molar-refractivity contribution in [3.05, 3.63) is 79.9 Å². The van der Waals surface area contributed by atoms with Crippen molar-refractivity contribution in [1.29, 1.82) is 0 Å². The Labute approximate surface area is 171 Å². The number of para-hydroxylation sites is 1. The van der Waals surface area contributed by atoms with Crippen molar-refractivity contribution in [3.8, 4) is 0 Å². The van der Waals surface area contributed by atoms with Gasteiger partial charge in [0.05, 0.1) is 29.0 Å². The van der Waals surface area contributed by atoms with Crippen LogP contribution in [-0.2, 0) is 14.3 Å². The van der Waals surface area contributed by atoms with Gasteiger partial charge in [-0.25, -0.2) is 4.79 Å². The fraction of sp³-hybridized carbons (Fsp3) is 0.100. The Kier molecular flexibility index (Phi) is 5.61. The first-order valence-electron chi connectivity index (χ1n) is 7.91. The molecule has 2 aromatic carbocycles. The van der Waals surface area contributed by atoms with Gasteiger partial charge in [-0.2, -0.15) is 0 Å². The van der Waals surface area contributed by atoms with Crippen LogP contribution in [0.5, 0.6) is 0 Å². The quantitative estimate of drug-likeness (QED) is 0.483. The van der Waals surface area contributed by atoms with Crippen LogP contribution in [0.4, 0.5) is 5.69 Å². The van der Waals surface area contributed by atoms with Crippen LogP contribution in [0.25, 0.3) is 6.08 Å². The zero-order valence-electron chi connectivity index (χ0n) is 14.4. The lowest BCUT2D eigenvalue weighted by atomic mass is 10.0. The van der Waals surface area contributed by atoms with E-state index in [0.29, 0.717) is 32.0 Å². The van der Waals surface area contributed by atoms with Gasteiger partial charge in [0.15, 0.2) is 0 Å². The zero-order chi connectivity index (χ0) is 19.7. The van der Waals surface area contributed by atoms with E-state index in [2.05, 4.69) is 0 Å². The number of benzene rings is 2. The van der Waals surface area contributed by atoms with Crippen molar-refractivity contribution in [1.82, 2.24) is 0 Å². The molecule has 0 fully saturated rings. The maximum Gasteiger partial charge on any atom is 0.340 e. The summed E-state index contributed by atoms with van der Waals surface area (Å²) in [4.78, 5) is 27.0. The molecule has 0 aliphatic carbocycles. The largest absolute Gasteiger partial charge is 0.465 e. The lowest BCUT2D eigenvalue weighted by molar-refractivity contribution is -0.136. The highest BCUT2D eigenvalue weighted by molar-refractivity contribution is 6.38. The number of hydrogen-bond donors (Lipinski definition) is 0. The summed E-state index contributed by atoms with van der Waals surface area (Å²) in [5.74, 6) is -1.05. The highest BCUT2D eigenvalue weighted by Gasteiger charge is 2.38. The van der Waals surface area contributed by atoms with Crippen LogP contribution in [0.1, 0.15) is 12.5 Å². The molecule has 27 heavy (non-hydrogen) atoms. The summed E-state index contributed by atoms with van der Waals surface area (Å²) in [5, 5.41) is 1.10. The molecule has 0 saturated carbocycles. The minimum atomic E-state index is -0.634. The summed E-state index contributed by atoms with van der Waals surface area (Å²) in [7, 11) is 1.26. The van der Waals surface area contributed by atoms with E-state index in [-0.39, 0.29) is 11.1 Å². The summed E-state index contributed by atoms with van der Waals surface area (Å²) >= 11 is 18.7.